The number of rotatable bonds is 2. The van der Waals surface area contributed by atoms with Crippen LogP contribution in [0.2, 0.25) is 0 Å². The van der Waals surface area contributed by atoms with Gasteiger partial charge in [0, 0.05) is 18.5 Å². The van der Waals surface area contributed by atoms with Crippen molar-refractivity contribution in [2.75, 3.05) is 19.7 Å². The van der Waals surface area contributed by atoms with Crippen LogP contribution in [0.1, 0.15) is 12.8 Å². The summed E-state index contributed by atoms with van der Waals surface area (Å²) in [6.07, 6.45) is 1.65. The van der Waals surface area contributed by atoms with Crippen molar-refractivity contribution in [3.63, 3.8) is 0 Å². The minimum atomic E-state index is -0.580. The second kappa shape index (κ2) is 4.68. The number of aromatic nitrogens is 2. The molecule has 1 saturated heterocycles. The molecule has 6 heteroatoms. The minimum Gasteiger partial charge on any atom is -0.464 e. The highest BCUT2D eigenvalue weighted by Gasteiger charge is 2.36. The van der Waals surface area contributed by atoms with Crippen LogP contribution in [0.15, 0.2) is 39.5 Å². The molecule has 108 valence electrons. The summed E-state index contributed by atoms with van der Waals surface area (Å²) >= 11 is 0. The summed E-state index contributed by atoms with van der Waals surface area (Å²) in [4.78, 5) is 4.50. The number of benzene rings is 1. The molecule has 0 amide bonds. The van der Waals surface area contributed by atoms with Crippen molar-refractivity contribution in [1.29, 1.82) is 0 Å². The van der Waals surface area contributed by atoms with Gasteiger partial charge in [-0.3, -0.25) is 0 Å². The molecule has 1 aromatic carbocycles. The minimum absolute atomic E-state index is 0.481. The Kier molecular flexibility index (Phi) is 2.80. The summed E-state index contributed by atoms with van der Waals surface area (Å²) in [5.74, 6) is 1.00. The van der Waals surface area contributed by atoms with E-state index in [9.17, 15) is 0 Å². The van der Waals surface area contributed by atoms with E-state index in [1.807, 2.05) is 31.2 Å². The Morgan fingerprint density at radius 1 is 1.29 bits per heavy atom. The molecule has 0 spiro atoms. The van der Waals surface area contributed by atoms with E-state index >= 15 is 0 Å². The molecule has 4 rings (SSSR count). The molecule has 1 atom stereocenters. The number of nitrogens with one attached hydrogen (secondary N) is 1. The molecule has 1 N–H and O–H groups in total. The molecule has 0 aliphatic carbocycles. The lowest BCUT2D eigenvalue weighted by molar-refractivity contribution is -0.0767. The predicted octanol–water partition coefficient (Wildman–Crippen LogP) is 2.32. The Labute approximate surface area is 121 Å². The van der Waals surface area contributed by atoms with Crippen LogP contribution in [0, 0.1) is 0 Å². The van der Waals surface area contributed by atoms with Gasteiger partial charge in [-0.2, -0.15) is 4.98 Å². The van der Waals surface area contributed by atoms with Crippen LogP contribution >= 0.6 is 0 Å². The number of hydrogen-bond acceptors (Lipinski definition) is 6. The molecule has 3 heterocycles. The Balaban J connectivity index is 1.74. The van der Waals surface area contributed by atoms with Crippen LogP contribution in [-0.4, -0.2) is 29.8 Å². The lowest BCUT2D eigenvalue weighted by Gasteiger charge is -2.30. The first-order chi connectivity index (χ1) is 10.3. The molecule has 3 aromatic rings. The molecular formula is C15H15N3O3. The lowest BCUT2D eigenvalue weighted by atomic mass is 10.1. The number of ether oxygens (including phenoxy) is 1. The second-order valence-electron chi connectivity index (χ2n) is 5.32. The van der Waals surface area contributed by atoms with E-state index in [4.69, 9.17) is 13.7 Å². The van der Waals surface area contributed by atoms with Gasteiger partial charge < -0.3 is 19.0 Å². The van der Waals surface area contributed by atoms with Crippen molar-refractivity contribution >= 4 is 11.0 Å². The standard InChI is InChI=1S/C15H15N3O3/c1-15(9-16-6-7-20-15)14-17-13(18-21-14)11-8-19-12-5-3-2-4-10(11)12/h2-5,8,16H,6-7,9H2,1H3. The van der Waals surface area contributed by atoms with Gasteiger partial charge >= 0.3 is 0 Å². The highest BCUT2D eigenvalue weighted by Crippen LogP contribution is 2.31. The normalized spacial score (nSPS) is 22.7. The van der Waals surface area contributed by atoms with Crippen molar-refractivity contribution in [2.24, 2.45) is 0 Å². The second-order valence-corrected chi connectivity index (χ2v) is 5.32. The maximum Gasteiger partial charge on any atom is 0.260 e. The van der Waals surface area contributed by atoms with Crippen LogP contribution < -0.4 is 5.32 Å². The summed E-state index contributed by atoms with van der Waals surface area (Å²) in [7, 11) is 0. The molecule has 6 nitrogen and oxygen atoms in total. The molecule has 1 unspecified atom stereocenters. The van der Waals surface area contributed by atoms with Crippen LogP contribution in [0.4, 0.5) is 0 Å². The van der Waals surface area contributed by atoms with Gasteiger partial charge in [-0.1, -0.05) is 23.4 Å². The molecule has 21 heavy (non-hydrogen) atoms. The largest absolute Gasteiger partial charge is 0.464 e. The van der Waals surface area contributed by atoms with Gasteiger partial charge in [0.1, 0.15) is 11.8 Å². The van der Waals surface area contributed by atoms with E-state index < -0.39 is 5.60 Å². The third-order valence-corrected chi connectivity index (χ3v) is 3.76. The fourth-order valence-corrected chi connectivity index (χ4v) is 2.56. The Hall–Kier alpha value is -2.18. The highest BCUT2D eigenvalue weighted by atomic mass is 16.5. The van der Waals surface area contributed by atoms with E-state index in [1.165, 1.54) is 0 Å². The van der Waals surface area contributed by atoms with Gasteiger partial charge in [0.15, 0.2) is 5.60 Å². The molecule has 1 aliphatic rings. The third kappa shape index (κ3) is 2.03. The average molecular weight is 285 g/mol. The zero-order chi connectivity index (χ0) is 14.3. The van der Waals surface area contributed by atoms with E-state index in [2.05, 4.69) is 15.5 Å². The van der Waals surface area contributed by atoms with E-state index in [0.717, 1.165) is 23.1 Å². The van der Waals surface area contributed by atoms with Crippen LogP contribution in [0.25, 0.3) is 22.4 Å². The van der Waals surface area contributed by atoms with Gasteiger partial charge in [0.2, 0.25) is 5.82 Å². The SMILES string of the molecule is CC1(c2nc(-c3coc4ccccc34)no2)CNCCO1. The first-order valence-electron chi connectivity index (χ1n) is 6.92. The zero-order valence-corrected chi connectivity index (χ0v) is 11.6. The number of para-hydroxylation sites is 1. The van der Waals surface area contributed by atoms with E-state index in [1.54, 1.807) is 6.26 Å². The predicted molar refractivity (Wildman–Crippen MR) is 75.7 cm³/mol. The quantitative estimate of drug-likeness (QED) is 0.779. The maximum absolute atomic E-state index is 5.79. The monoisotopic (exact) mass is 285 g/mol. The number of furan rings is 1. The summed E-state index contributed by atoms with van der Waals surface area (Å²) in [6.45, 7) is 4.07. The third-order valence-electron chi connectivity index (χ3n) is 3.76. The number of fused-ring (bicyclic) bond motifs is 1. The summed E-state index contributed by atoms with van der Waals surface area (Å²) < 4.78 is 16.7. The number of morpholine rings is 1. The lowest BCUT2D eigenvalue weighted by Crippen LogP contribution is -2.45. The first kappa shape index (κ1) is 12.6. The van der Waals surface area contributed by atoms with Gasteiger partial charge in [-0.05, 0) is 13.0 Å². The Morgan fingerprint density at radius 2 is 2.19 bits per heavy atom. The maximum atomic E-state index is 5.79. The smallest absolute Gasteiger partial charge is 0.260 e. The average Bonchev–Trinajstić information content (AvgIpc) is 3.15. The molecule has 0 radical (unpaired) electrons. The molecule has 0 bridgehead atoms. The Morgan fingerprint density at radius 3 is 3.05 bits per heavy atom. The number of hydrogen-bond donors (Lipinski definition) is 1. The molecular weight excluding hydrogens is 270 g/mol. The molecule has 0 saturated carbocycles. The zero-order valence-electron chi connectivity index (χ0n) is 11.6. The van der Waals surface area contributed by atoms with Gasteiger partial charge in [0.25, 0.3) is 5.89 Å². The molecule has 1 aliphatic heterocycles. The van der Waals surface area contributed by atoms with Crippen molar-refractivity contribution in [2.45, 2.75) is 12.5 Å². The van der Waals surface area contributed by atoms with Crippen molar-refractivity contribution in [3.8, 4) is 11.4 Å². The van der Waals surface area contributed by atoms with Gasteiger partial charge in [-0.15, -0.1) is 0 Å². The first-order valence-corrected chi connectivity index (χ1v) is 6.92. The van der Waals surface area contributed by atoms with Crippen LogP contribution in [0.3, 0.4) is 0 Å². The van der Waals surface area contributed by atoms with Crippen LogP contribution in [-0.2, 0) is 10.3 Å². The molecule has 1 fully saturated rings. The van der Waals surface area contributed by atoms with Crippen molar-refractivity contribution < 1.29 is 13.7 Å². The Bertz CT molecular complexity index is 771. The topological polar surface area (TPSA) is 73.3 Å². The summed E-state index contributed by atoms with van der Waals surface area (Å²) in [5, 5.41) is 8.32. The van der Waals surface area contributed by atoms with Crippen molar-refractivity contribution in [3.05, 3.63) is 36.4 Å². The van der Waals surface area contributed by atoms with Gasteiger partial charge in [-0.25, -0.2) is 0 Å². The van der Waals surface area contributed by atoms with E-state index in [-0.39, 0.29) is 0 Å². The van der Waals surface area contributed by atoms with Gasteiger partial charge in [0.05, 0.1) is 12.2 Å². The van der Waals surface area contributed by atoms with Crippen molar-refractivity contribution in [1.82, 2.24) is 15.5 Å². The van der Waals surface area contributed by atoms with Crippen LogP contribution in [0.5, 0.6) is 0 Å². The summed E-state index contributed by atoms with van der Waals surface area (Å²) in [5.41, 5.74) is 1.05. The fourth-order valence-electron chi connectivity index (χ4n) is 2.56. The molecule has 2 aromatic heterocycles. The fraction of sp³-hybridized carbons (Fsp3) is 0.333. The van der Waals surface area contributed by atoms with E-state index in [0.29, 0.717) is 24.9 Å². The summed E-state index contributed by atoms with van der Waals surface area (Å²) in [6, 6.07) is 7.78. The highest BCUT2D eigenvalue weighted by molar-refractivity contribution is 5.91. The number of nitrogens with zero attached hydrogens (tertiary/aromatic N) is 2.